The third kappa shape index (κ3) is 5.14. The number of amides is 2. The van der Waals surface area contributed by atoms with Crippen LogP contribution in [0.5, 0.6) is 0 Å². The fourth-order valence-electron chi connectivity index (χ4n) is 4.12. The second kappa shape index (κ2) is 10.3. The molecule has 0 saturated heterocycles. The molecule has 2 aromatic carbocycles. The van der Waals surface area contributed by atoms with E-state index in [1.54, 1.807) is 36.4 Å². The lowest BCUT2D eigenvalue weighted by Gasteiger charge is -2.20. The Balaban J connectivity index is 1.57. The highest BCUT2D eigenvalue weighted by molar-refractivity contribution is 6.09. The summed E-state index contributed by atoms with van der Waals surface area (Å²) in [6.07, 6.45) is 3.41. The summed E-state index contributed by atoms with van der Waals surface area (Å²) in [6.45, 7) is 4.82. The number of nitrogens with zero attached hydrogens (tertiary/aromatic N) is 2. The van der Waals surface area contributed by atoms with Gasteiger partial charge in [-0.1, -0.05) is 48.0 Å². The second-order valence-electron chi connectivity index (χ2n) is 8.31. The van der Waals surface area contributed by atoms with Crippen molar-refractivity contribution < 1.29 is 19.1 Å². The summed E-state index contributed by atoms with van der Waals surface area (Å²) in [7, 11) is 0. The molecule has 0 bridgehead atoms. The number of pyridine rings is 1. The van der Waals surface area contributed by atoms with Crippen LogP contribution < -0.4 is 5.32 Å². The number of ether oxygens (including phenoxy) is 1. The molecule has 3 aromatic rings. The van der Waals surface area contributed by atoms with Gasteiger partial charge in [-0.15, -0.1) is 0 Å². The summed E-state index contributed by atoms with van der Waals surface area (Å²) in [5.74, 6) is -0.990. The normalized spacial score (nSPS) is 13.4. The molecule has 1 aromatic heterocycles. The van der Waals surface area contributed by atoms with Crippen molar-refractivity contribution in [3.8, 4) is 0 Å². The van der Waals surface area contributed by atoms with E-state index in [0.717, 1.165) is 22.3 Å². The Bertz CT molecular complexity index is 1190. The van der Waals surface area contributed by atoms with Gasteiger partial charge in [-0.2, -0.15) is 0 Å². The quantitative estimate of drug-likeness (QED) is 0.517. The molecule has 174 valence electrons. The van der Waals surface area contributed by atoms with Gasteiger partial charge in [0, 0.05) is 25.5 Å². The largest absolute Gasteiger partial charge is 0.466 e. The molecule has 4 rings (SSSR count). The monoisotopic (exact) mass is 457 g/mol. The van der Waals surface area contributed by atoms with Crippen LogP contribution in [0.3, 0.4) is 0 Å². The number of nitrogens with one attached hydrogen (secondary N) is 1. The summed E-state index contributed by atoms with van der Waals surface area (Å²) >= 11 is 0. The number of carbonyl (C=O) groups excluding carboxylic acids is 3. The fourth-order valence-corrected chi connectivity index (χ4v) is 4.12. The summed E-state index contributed by atoms with van der Waals surface area (Å²) in [5, 5.41) is 2.95. The molecule has 0 fully saturated rings. The average Bonchev–Trinajstić information content (AvgIpc) is 3.15. The molecule has 0 spiro atoms. The van der Waals surface area contributed by atoms with Crippen molar-refractivity contribution in [2.75, 3.05) is 6.61 Å². The van der Waals surface area contributed by atoms with Crippen molar-refractivity contribution in [2.24, 2.45) is 0 Å². The third-order valence-corrected chi connectivity index (χ3v) is 5.82. The van der Waals surface area contributed by atoms with Crippen molar-refractivity contribution in [1.29, 1.82) is 0 Å². The van der Waals surface area contributed by atoms with E-state index in [2.05, 4.69) is 10.3 Å². The van der Waals surface area contributed by atoms with Gasteiger partial charge in [-0.3, -0.25) is 19.4 Å². The van der Waals surface area contributed by atoms with Crippen molar-refractivity contribution in [2.45, 2.75) is 39.4 Å². The zero-order valence-corrected chi connectivity index (χ0v) is 19.3. The first-order valence-electron chi connectivity index (χ1n) is 11.3. The van der Waals surface area contributed by atoms with Gasteiger partial charge >= 0.3 is 5.97 Å². The molecule has 0 aliphatic carbocycles. The number of aromatic nitrogens is 1. The van der Waals surface area contributed by atoms with Gasteiger partial charge < -0.3 is 15.0 Å². The third-order valence-electron chi connectivity index (χ3n) is 5.82. The molecule has 1 aliphatic heterocycles. The van der Waals surface area contributed by atoms with Crippen LogP contribution in [0.1, 0.15) is 62.4 Å². The summed E-state index contributed by atoms with van der Waals surface area (Å²) in [5.41, 5.74) is 4.30. The highest BCUT2D eigenvalue weighted by Crippen LogP contribution is 2.28. The highest BCUT2D eigenvalue weighted by Gasteiger charge is 2.32. The number of benzene rings is 2. The van der Waals surface area contributed by atoms with Crippen LogP contribution in [0.25, 0.3) is 0 Å². The summed E-state index contributed by atoms with van der Waals surface area (Å²) < 4.78 is 5.11. The van der Waals surface area contributed by atoms with Crippen LogP contribution in [0, 0.1) is 6.92 Å². The molecule has 7 nitrogen and oxygen atoms in total. The maximum absolute atomic E-state index is 13.4. The van der Waals surface area contributed by atoms with Crippen molar-refractivity contribution in [1.82, 2.24) is 15.2 Å². The molecular formula is C27H27N3O4. The fraction of sp³-hybridized carbons (Fsp3) is 0.259. The molecular weight excluding hydrogens is 430 g/mol. The van der Waals surface area contributed by atoms with Crippen LogP contribution >= 0.6 is 0 Å². The number of hydrogen-bond acceptors (Lipinski definition) is 5. The predicted octanol–water partition coefficient (Wildman–Crippen LogP) is 3.97. The minimum atomic E-state index is -0.578. The van der Waals surface area contributed by atoms with Crippen LogP contribution in [0.15, 0.2) is 67.0 Å². The van der Waals surface area contributed by atoms with E-state index in [9.17, 15) is 14.4 Å². The Morgan fingerprint density at radius 3 is 2.62 bits per heavy atom. The molecule has 0 radical (unpaired) electrons. The van der Waals surface area contributed by atoms with E-state index in [1.165, 1.54) is 0 Å². The van der Waals surface area contributed by atoms with Gasteiger partial charge in [-0.25, -0.2) is 0 Å². The Hall–Kier alpha value is -4.00. The Morgan fingerprint density at radius 1 is 1.12 bits per heavy atom. The average molecular weight is 458 g/mol. The van der Waals surface area contributed by atoms with E-state index >= 15 is 0 Å². The van der Waals surface area contributed by atoms with Gasteiger partial charge in [0.25, 0.3) is 11.8 Å². The van der Waals surface area contributed by atoms with Crippen LogP contribution in [-0.2, 0) is 22.6 Å². The summed E-state index contributed by atoms with van der Waals surface area (Å²) in [4.78, 5) is 44.6. The molecule has 1 aliphatic rings. The van der Waals surface area contributed by atoms with Crippen LogP contribution in [0.4, 0.5) is 0 Å². The van der Waals surface area contributed by atoms with E-state index in [4.69, 9.17) is 4.74 Å². The van der Waals surface area contributed by atoms with Gasteiger partial charge in [0.15, 0.2) is 0 Å². The van der Waals surface area contributed by atoms with Gasteiger partial charge in [-0.05, 0) is 42.7 Å². The molecule has 1 N–H and O–H groups in total. The molecule has 7 heteroatoms. The van der Waals surface area contributed by atoms with E-state index < -0.39 is 17.9 Å². The number of rotatable bonds is 8. The van der Waals surface area contributed by atoms with E-state index in [-0.39, 0.29) is 18.9 Å². The number of aryl methyl sites for hydroxylation is 1. The van der Waals surface area contributed by atoms with E-state index in [0.29, 0.717) is 24.2 Å². The minimum Gasteiger partial charge on any atom is -0.466 e. The number of esters is 1. The first kappa shape index (κ1) is 23.2. The Labute approximate surface area is 198 Å². The SMILES string of the molecule is CCOC(=O)C[C@@H](NC(=O)c1cccc2c1C(=O)N(Cc1cccnc1)C2)c1ccc(C)cc1. The molecule has 0 unspecified atom stereocenters. The number of carbonyl (C=O) groups is 3. The van der Waals surface area contributed by atoms with Crippen molar-refractivity contribution in [3.05, 3.63) is 100 Å². The van der Waals surface area contributed by atoms with Gasteiger partial charge in [0.2, 0.25) is 0 Å². The van der Waals surface area contributed by atoms with E-state index in [1.807, 2.05) is 49.4 Å². The molecule has 34 heavy (non-hydrogen) atoms. The second-order valence-corrected chi connectivity index (χ2v) is 8.31. The maximum Gasteiger partial charge on any atom is 0.308 e. The van der Waals surface area contributed by atoms with Gasteiger partial charge in [0.1, 0.15) is 0 Å². The van der Waals surface area contributed by atoms with Crippen molar-refractivity contribution in [3.63, 3.8) is 0 Å². The molecule has 2 amide bonds. The molecule has 1 atom stereocenters. The molecule has 0 saturated carbocycles. The smallest absolute Gasteiger partial charge is 0.308 e. The number of fused-ring (bicyclic) bond motifs is 1. The van der Waals surface area contributed by atoms with Crippen molar-refractivity contribution >= 4 is 17.8 Å². The minimum absolute atomic E-state index is 0.00125. The summed E-state index contributed by atoms with van der Waals surface area (Å²) in [6, 6.07) is 16.1. The lowest BCUT2D eigenvalue weighted by molar-refractivity contribution is -0.143. The Morgan fingerprint density at radius 2 is 1.91 bits per heavy atom. The zero-order valence-electron chi connectivity index (χ0n) is 19.3. The highest BCUT2D eigenvalue weighted by atomic mass is 16.5. The lowest BCUT2D eigenvalue weighted by Crippen LogP contribution is -2.32. The Kier molecular flexibility index (Phi) is 7.01. The van der Waals surface area contributed by atoms with Crippen LogP contribution in [-0.4, -0.2) is 34.3 Å². The zero-order chi connectivity index (χ0) is 24.1. The predicted molar refractivity (Wildman–Crippen MR) is 127 cm³/mol. The topological polar surface area (TPSA) is 88.6 Å². The number of hydrogen-bond donors (Lipinski definition) is 1. The van der Waals surface area contributed by atoms with Gasteiger partial charge in [0.05, 0.1) is 30.2 Å². The maximum atomic E-state index is 13.4. The molecule has 2 heterocycles. The van der Waals surface area contributed by atoms with Crippen LogP contribution in [0.2, 0.25) is 0 Å². The first-order valence-corrected chi connectivity index (χ1v) is 11.3. The standard InChI is InChI=1S/C27H27N3O4/c1-3-34-24(31)14-23(20-11-9-18(2)10-12-20)29-26(32)22-8-4-7-21-17-30(27(33)25(21)22)16-19-6-5-13-28-15-19/h4-13,15,23H,3,14,16-17H2,1-2H3,(H,29,32)/t23-/m1/s1. The lowest BCUT2D eigenvalue weighted by atomic mass is 9.99. The first-order chi connectivity index (χ1) is 16.5.